The Balaban J connectivity index is 2.43. The van der Waals surface area contributed by atoms with E-state index >= 15 is 0 Å². The Kier molecular flexibility index (Phi) is 5.84. The van der Waals surface area contributed by atoms with Crippen LogP contribution >= 0.6 is 0 Å². The fourth-order valence-corrected chi connectivity index (χ4v) is 1.77. The average molecular weight is 236 g/mol. The molecular formula is C14H24N2O. The molecule has 0 spiro atoms. The van der Waals surface area contributed by atoms with Crippen molar-refractivity contribution in [3.63, 3.8) is 0 Å². The summed E-state index contributed by atoms with van der Waals surface area (Å²) < 4.78 is 5.22. The van der Waals surface area contributed by atoms with Crippen molar-refractivity contribution < 1.29 is 4.74 Å². The molecule has 1 aromatic carbocycles. The first-order valence-corrected chi connectivity index (χ1v) is 6.28. The summed E-state index contributed by atoms with van der Waals surface area (Å²) in [5, 5.41) is 0. The predicted molar refractivity (Wildman–Crippen MR) is 73.8 cm³/mol. The Morgan fingerprint density at radius 2 is 2.18 bits per heavy atom. The SMILES string of the molecule is CCC(N)CCCN(C)c1cccc(OC)c1. The minimum absolute atomic E-state index is 0.341. The van der Waals surface area contributed by atoms with E-state index in [0.717, 1.165) is 31.6 Å². The molecule has 0 aliphatic carbocycles. The Hall–Kier alpha value is -1.22. The smallest absolute Gasteiger partial charge is 0.120 e. The lowest BCUT2D eigenvalue weighted by Gasteiger charge is -2.20. The molecule has 1 atom stereocenters. The number of rotatable bonds is 7. The van der Waals surface area contributed by atoms with Gasteiger partial charge in [-0.15, -0.1) is 0 Å². The molecule has 0 radical (unpaired) electrons. The minimum atomic E-state index is 0.341. The van der Waals surface area contributed by atoms with E-state index < -0.39 is 0 Å². The van der Waals surface area contributed by atoms with Crippen molar-refractivity contribution >= 4 is 5.69 Å². The van der Waals surface area contributed by atoms with Crippen molar-refractivity contribution in [1.29, 1.82) is 0 Å². The van der Waals surface area contributed by atoms with E-state index in [4.69, 9.17) is 10.5 Å². The lowest BCUT2D eigenvalue weighted by Crippen LogP contribution is -2.23. The summed E-state index contributed by atoms with van der Waals surface area (Å²) in [6.07, 6.45) is 3.27. The van der Waals surface area contributed by atoms with Crippen LogP contribution in [0.1, 0.15) is 26.2 Å². The van der Waals surface area contributed by atoms with Gasteiger partial charge in [0, 0.05) is 31.4 Å². The highest BCUT2D eigenvalue weighted by Crippen LogP contribution is 2.20. The largest absolute Gasteiger partial charge is 0.497 e. The van der Waals surface area contributed by atoms with Gasteiger partial charge in [-0.2, -0.15) is 0 Å². The molecule has 17 heavy (non-hydrogen) atoms. The molecular weight excluding hydrogens is 212 g/mol. The van der Waals surface area contributed by atoms with Crippen molar-refractivity contribution in [2.75, 3.05) is 25.6 Å². The van der Waals surface area contributed by atoms with Crippen LogP contribution in [0.4, 0.5) is 5.69 Å². The van der Waals surface area contributed by atoms with Crippen molar-refractivity contribution in [3.8, 4) is 5.75 Å². The topological polar surface area (TPSA) is 38.5 Å². The maximum atomic E-state index is 5.90. The average Bonchev–Trinajstić information content (AvgIpc) is 2.38. The standard InChI is InChI=1S/C14H24N2O/c1-4-12(15)7-6-10-16(2)13-8-5-9-14(11-13)17-3/h5,8-9,11-12H,4,6-7,10,15H2,1-3H3. The molecule has 1 rings (SSSR count). The summed E-state index contributed by atoms with van der Waals surface area (Å²) in [5.41, 5.74) is 7.09. The van der Waals surface area contributed by atoms with E-state index in [0.29, 0.717) is 6.04 Å². The normalized spacial score (nSPS) is 12.2. The van der Waals surface area contributed by atoms with Gasteiger partial charge in [0.15, 0.2) is 0 Å². The van der Waals surface area contributed by atoms with Gasteiger partial charge in [-0.3, -0.25) is 0 Å². The summed E-state index contributed by atoms with van der Waals surface area (Å²) in [4.78, 5) is 2.24. The highest BCUT2D eigenvalue weighted by Gasteiger charge is 2.04. The monoisotopic (exact) mass is 236 g/mol. The molecule has 1 aromatic rings. The quantitative estimate of drug-likeness (QED) is 0.791. The highest BCUT2D eigenvalue weighted by atomic mass is 16.5. The molecule has 1 unspecified atom stereocenters. The summed E-state index contributed by atoms with van der Waals surface area (Å²) >= 11 is 0. The molecule has 0 aliphatic heterocycles. The number of anilines is 1. The van der Waals surface area contributed by atoms with Crippen LogP contribution in [0.2, 0.25) is 0 Å². The summed E-state index contributed by atoms with van der Waals surface area (Å²) in [6.45, 7) is 3.16. The molecule has 3 heteroatoms. The zero-order valence-corrected chi connectivity index (χ0v) is 11.1. The van der Waals surface area contributed by atoms with Gasteiger partial charge in [0.2, 0.25) is 0 Å². The summed E-state index contributed by atoms with van der Waals surface area (Å²) in [6, 6.07) is 8.48. The van der Waals surface area contributed by atoms with Crippen LogP contribution < -0.4 is 15.4 Å². The molecule has 0 saturated carbocycles. The van der Waals surface area contributed by atoms with Crippen LogP contribution in [0.15, 0.2) is 24.3 Å². The first-order chi connectivity index (χ1) is 8.17. The van der Waals surface area contributed by atoms with Crippen molar-refractivity contribution in [2.45, 2.75) is 32.2 Å². The molecule has 3 nitrogen and oxygen atoms in total. The molecule has 0 heterocycles. The number of nitrogens with two attached hydrogens (primary N) is 1. The fourth-order valence-electron chi connectivity index (χ4n) is 1.77. The predicted octanol–water partition coefficient (Wildman–Crippen LogP) is 2.65. The lowest BCUT2D eigenvalue weighted by atomic mass is 10.1. The zero-order valence-electron chi connectivity index (χ0n) is 11.1. The zero-order chi connectivity index (χ0) is 12.7. The van der Waals surface area contributed by atoms with Crippen LogP contribution in [0.3, 0.4) is 0 Å². The first-order valence-electron chi connectivity index (χ1n) is 6.28. The minimum Gasteiger partial charge on any atom is -0.497 e. The summed E-state index contributed by atoms with van der Waals surface area (Å²) in [7, 11) is 3.80. The van der Waals surface area contributed by atoms with Gasteiger partial charge < -0.3 is 15.4 Å². The Morgan fingerprint density at radius 3 is 2.82 bits per heavy atom. The lowest BCUT2D eigenvalue weighted by molar-refractivity contribution is 0.415. The van der Waals surface area contributed by atoms with E-state index in [1.165, 1.54) is 5.69 Å². The number of benzene rings is 1. The molecule has 0 fully saturated rings. The number of nitrogens with zero attached hydrogens (tertiary/aromatic N) is 1. The second-order valence-corrected chi connectivity index (χ2v) is 4.43. The van der Waals surface area contributed by atoms with Crippen molar-refractivity contribution in [2.24, 2.45) is 5.73 Å². The van der Waals surface area contributed by atoms with Crippen LogP contribution in [0.5, 0.6) is 5.75 Å². The fraction of sp³-hybridized carbons (Fsp3) is 0.571. The third-order valence-corrected chi connectivity index (χ3v) is 3.09. The molecule has 96 valence electrons. The molecule has 0 saturated heterocycles. The Bertz CT molecular complexity index is 328. The van der Waals surface area contributed by atoms with Crippen LogP contribution in [0.25, 0.3) is 0 Å². The van der Waals surface area contributed by atoms with Crippen molar-refractivity contribution in [1.82, 2.24) is 0 Å². The van der Waals surface area contributed by atoms with E-state index in [1.54, 1.807) is 7.11 Å². The van der Waals surface area contributed by atoms with Crippen molar-refractivity contribution in [3.05, 3.63) is 24.3 Å². The number of methoxy groups -OCH3 is 1. The third kappa shape index (κ3) is 4.65. The number of ether oxygens (including phenoxy) is 1. The van der Waals surface area contributed by atoms with E-state index in [-0.39, 0.29) is 0 Å². The van der Waals surface area contributed by atoms with Crippen LogP contribution in [-0.4, -0.2) is 26.7 Å². The Morgan fingerprint density at radius 1 is 1.41 bits per heavy atom. The van der Waals surface area contributed by atoms with Gasteiger partial charge in [-0.05, 0) is 31.4 Å². The van der Waals surface area contributed by atoms with Gasteiger partial charge in [0.25, 0.3) is 0 Å². The highest BCUT2D eigenvalue weighted by molar-refractivity contribution is 5.49. The maximum absolute atomic E-state index is 5.90. The van der Waals surface area contributed by atoms with Gasteiger partial charge >= 0.3 is 0 Å². The number of hydrogen-bond acceptors (Lipinski definition) is 3. The molecule has 0 aliphatic rings. The first kappa shape index (κ1) is 13.8. The third-order valence-electron chi connectivity index (χ3n) is 3.09. The van der Waals surface area contributed by atoms with E-state index in [1.807, 2.05) is 12.1 Å². The number of hydrogen-bond donors (Lipinski definition) is 1. The summed E-state index contributed by atoms with van der Waals surface area (Å²) in [5.74, 6) is 0.902. The van der Waals surface area contributed by atoms with Crippen LogP contribution in [-0.2, 0) is 0 Å². The Labute approximate surface area is 105 Å². The maximum Gasteiger partial charge on any atom is 0.120 e. The van der Waals surface area contributed by atoms with Gasteiger partial charge in [-0.25, -0.2) is 0 Å². The molecule has 2 N–H and O–H groups in total. The van der Waals surface area contributed by atoms with Gasteiger partial charge in [0.1, 0.15) is 5.75 Å². The molecule has 0 amide bonds. The van der Waals surface area contributed by atoms with Gasteiger partial charge in [0.05, 0.1) is 7.11 Å². The van der Waals surface area contributed by atoms with E-state index in [2.05, 4.69) is 31.0 Å². The molecule has 0 bridgehead atoms. The second-order valence-electron chi connectivity index (χ2n) is 4.43. The van der Waals surface area contributed by atoms with Gasteiger partial charge in [-0.1, -0.05) is 13.0 Å². The van der Waals surface area contributed by atoms with Crippen LogP contribution in [0, 0.1) is 0 Å². The molecule has 0 aromatic heterocycles. The van der Waals surface area contributed by atoms with E-state index in [9.17, 15) is 0 Å². The second kappa shape index (κ2) is 7.17.